The molecule has 0 saturated heterocycles. The number of hydrogen-bond acceptors (Lipinski definition) is 4. The maximum absolute atomic E-state index is 11.6. The maximum atomic E-state index is 11.6. The zero-order chi connectivity index (χ0) is 24.4. The van der Waals surface area contributed by atoms with Gasteiger partial charge < -0.3 is 14.7 Å². The summed E-state index contributed by atoms with van der Waals surface area (Å²) in [4.78, 5) is 11.6. The zero-order valence-electron chi connectivity index (χ0n) is 19.8. The molecule has 2 N–H and O–H groups in total. The number of hydrogen-bond donors (Lipinski definition) is 2. The summed E-state index contributed by atoms with van der Waals surface area (Å²) in [5.74, 6) is 0.0399. The van der Waals surface area contributed by atoms with Gasteiger partial charge >= 0.3 is 5.97 Å². The highest BCUT2D eigenvalue weighted by molar-refractivity contribution is 5.85. The van der Waals surface area contributed by atoms with E-state index < -0.39 is 17.5 Å². The maximum Gasteiger partial charge on any atom is 0.314 e. The number of aliphatic hydroxyl groups is 1. The molecule has 5 nitrogen and oxygen atoms in total. The van der Waals surface area contributed by atoms with Gasteiger partial charge in [0.2, 0.25) is 0 Å². The minimum atomic E-state index is -0.734. The summed E-state index contributed by atoms with van der Waals surface area (Å²) in [6.07, 6.45) is 3.22. The van der Waals surface area contributed by atoms with Crippen molar-refractivity contribution in [2.45, 2.75) is 50.5 Å². The van der Waals surface area contributed by atoms with Crippen LogP contribution in [-0.4, -0.2) is 21.3 Å². The summed E-state index contributed by atoms with van der Waals surface area (Å²) in [6, 6.07) is 25.8. The number of aliphatic carboxylic acids is 1. The van der Waals surface area contributed by atoms with Gasteiger partial charge in [0.05, 0.1) is 17.2 Å². The molecule has 0 bridgehead atoms. The first kappa shape index (κ1) is 23.1. The van der Waals surface area contributed by atoms with E-state index in [0.29, 0.717) is 19.3 Å². The Morgan fingerprint density at radius 3 is 2.14 bits per heavy atom. The smallest absolute Gasteiger partial charge is 0.314 e. The molecule has 3 aromatic carbocycles. The first-order valence-corrected chi connectivity index (χ1v) is 12.1. The number of rotatable bonds is 9. The van der Waals surface area contributed by atoms with Crippen molar-refractivity contribution < 1.29 is 19.5 Å². The van der Waals surface area contributed by atoms with Crippen molar-refractivity contribution in [3.05, 3.63) is 101 Å². The Morgan fingerprint density at radius 2 is 1.54 bits per heavy atom. The van der Waals surface area contributed by atoms with Crippen LogP contribution in [0.3, 0.4) is 0 Å². The van der Waals surface area contributed by atoms with Crippen LogP contribution in [0.5, 0.6) is 0 Å². The Kier molecular flexibility index (Phi) is 6.27. The number of aliphatic hydroxyl groups excluding tert-OH is 1. The largest absolute Gasteiger partial charge is 0.481 e. The van der Waals surface area contributed by atoms with E-state index in [2.05, 4.69) is 17.3 Å². The van der Waals surface area contributed by atoms with Crippen molar-refractivity contribution in [3.63, 3.8) is 0 Å². The third kappa shape index (κ3) is 4.64. The van der Waals surface area contributed by atoms with E-state index in [1.54, 1.807) is 0 Å². The molecule has 0 aliphatic heterocycles. The number of carboxylic acid groups (broad SMARTS) is 1. The molecule has 1 saturated carbocycles. The molecule has 5 rings (SSSR count). The molecule has 0 amide bonds. The molecule has 1 aliphatic rings. The molecule has 1 fully saturated rings. The normalized spacial score (nSPS) is 15.0. The van der Waals surface area contributed by atoms with Gasteiger partial charge in [-0.05, 0) is 61.3 Å². The Labute approximate surface area is 205 Å². The number of carbonyl (C=O) groups is 1. The summed E-state index contributed by atoms with van der Waals surface area (Å²) in [5, 5.41) is 24.2. The van der Waals surface area contributed by atoms with E-state index in [1.807, 2.05) is 73.7 Å². The van der Waals surface area contributed by atoms with Gasteiger partial charge in [0.1, 0.15) is 0 Å². The standard InChI is InChI=1S/C30H29NO4/c1-20-26(8-5-9-27(32)23-6-3-2-4-7-23)28(35-31-20)24-12-10-21(11-13-24)22-14-16-25(17-15-22)30(18-19-30)29(33)34/h2-4,6-7,10-17,27,32H,5,8-9,18-19H2,1H3,(H,33,34). The highest BCUT2D eigenvalue weighted by Crippen LogP contribution is 2.48. The van der Waals surface area contributed by atoms with Crippen LogP contribution in [0, 0.1) is 6.92 Å². The lowest BCUT2D eigenvalue weighted by Crippen LogP contribution is -2.19. The Morgan fingerprint density at radius 1 is 0.943 bits per heavy atom. The second kappa shape index (κ2) is 9.51. The summed E-state index contributed by atoms with van der Waals surface area (Å²) in [6.45, 7) is 1.95. The van der Waals surface area contributed by atoms with Gasteiger partial charge in [0, 0.05) is 11.1 Å². The van der Waals surface area contributed by atoms with Crippen LogP contribution in [0.2, 0.25) is 0 Å². The molecule has 1 atom stereocenters. The molecule has 5 heteroatoms. The first-order valence-electron chi connectivity index (χ1n) is 12.1. The van der Waals surface area contributed by atoms with Gasteiger partial charge in [-0.3, -0.25) is 4.79 Å². The molecule has 1 heterocycles. The predicted molar refractivity (Wildman–Crippen MR) is 135 cm³/mol. The van der Waals surface area contributed by atoms with Crippen LogP contribution in [0.1, 0.15) is 54.2 Å². The minimum Gasteiger partial charge on any atom is -0.481 e. The van der Waals surface area contributed by atoms with Gasteiger partial charge in [-0.1, -0.05) is 84.0 Å². The molecule has 1 aliphatic carbocycles. The molecule has 35 heavy (non-hydrogen) atoms. The van der Waals surface area contributed by atoms with Crippen molar-refractivity contribution in [1.82, 2.24) is 5.16 Å². The summed E-state index contributed by atoms with van der Waals surface area (Å²) >= 11 is 0. The molecule has 1 unspecified atom stereocenters. The fourth-order valence-corrected chi connectivity index (χ4v) is 4.77. The van der Waals surface area contributed by atoms with Gasteiger partial charge in [-0.2, -0.15) is 0 Å². The average Bonchev–Trinajstić information content (AvgIpc) is 3.63. The van der Waals surface area contributed by atoms with Gasteiger partial charge in [-0.25, -0.2) is 0 Å². The van der Waals surface area contributed by atoms with Crippen molar-refractivity contribution >= 4 is 5.97 Å². The number of nitrogens with zero attached hydrogens (tertiary/aromatic N) is 1. The van der Waals surface area contributed by atoms with Crippen molar-refractivity contribution in [2.75, 3.05) is 0 Å². The highest BCUT2D eigenvalue weighted by Gasteiger charge is 2.51. The molecule has 0 spiro atoms. The van der Waals surface area contributed by atoms with Gasteiger partial charge in [0.25, 0.3) is 0 Å². The lowest BCUT2D eigenvalue weighted by molar-refractivity contribution is -0.140. The second-order valence-electron chi connectivity index (χ2n) is 9.44. The van der Waals surface area contributed by atoms with Crippen LogP contribution in [0.15, 0.2) is 83.4 Å². The van der Waals surface area contributed by atoms with E-state index in [-0.39, 0.29) is 0 Å². The summed E-state index contributed by atoms with van der Waals surface area (Å²) in [5.41, 5.74) is 6.16. The second-order valence-corrected chi connectivity index (χ2v) is 9.44. The van der Waals surface area contributed by atoms with Crippen LogP contribution in [0.4, 0.5) is 0 Å². The Hall–Kier alpha value is -3.70. The molecular weight excluding hydrogens is 438 g/mol. The monoisotopic (exact) mass is 467 g/mol. The molecular formula is C30H29NO4. The van der Waals surface area contributed by atoms with E-state index in [9.17, 15) is 15.0 Å². The van der Waals surface area contributed by atoms with Gasteiger partial charge in [0.15, 0.2) is 5.76 Å². The van der Waals surface area contributed by atoms with Crippen LogP contribution in [-0.2, 0) is 16.6 Å². The Bertz CT molecular complexity index is 1300. The molecule has 0 radical (unpaired) electrons. The molecule has 4 aromatic rings. The highest BCUT2D eigenvalue weighted by atomic mass is 16.5. The minimum absolute atomic E-state index is 0.476. The SMILES string of the molecule is Cc1noc(-c2ccc(-c3ccc(C4(C(=O)O)CC4)cc3)cc2)c1CCCC(O)c1ccccc1. The molecule has 178 valence electrons. The van der Waals surface area contributed by atoms with Crippen molar-refractivity contribution in [1.29, 1.82) is 0 Å². The van der Waals surface area contributed by atoms with Crippen LogP contribution in [0.25, 0.3) is 22.5 Å². The van der Waals surface area contributed by atoms with Crippen molar-refractivity contribution in [2.24, 2.45) is 0 Å². The zero-order valence-corrected chi connectivity index (χ0v) is 19.8. The van der Waals surface area contributed by atoms with E-state index in [1.165, 1.54) is 0 Å². The van der Waals surface area contributed by atoms with E-state index in [4.69, 9.17) is 4.52 Å². The lowest BCUT2D eigenvalue weighted by Gasteiger charge is -2.11. The quantitative estimate of drug-likeness (QED) is 0.294. The van der Waals surface area contributed by atoms with Crippen LogP contribution < -0.4 is 0 Å². The molecule has 1 aromatic heterocycles. The Balaban J connectivity index is 1.27. The van der Waals surface area contributed by atoms with E-state index in [0.717, 1.165) is 57.7 Å². The summed E-state index contributed by atoms with van der Waals surface area (Å²) in [7, 11) is 0. The fraction of sp³-hybridized carbons (Fsp3) is 0.267. The lowest BCUT2D eigenvalue weighted by atomic mass is 9.93. The van der Waals surface area contributed by atoms with Crippen molar-refractivity contribution in [3.8, 4) is 22.5 Å². The topological polar surface area (TPSA) is 83.6 Å². The van der Waals surface area contributed by atoms with Crippen LogP contribution >= 0.6 is 0 Å². The summed E-state index contributed by atoms with van der Waals surface area (Å²) < 4.78 is 5.68. The van der Waals surface area contributed by atoms with E-state index >= 15 is 0 Å². The number of benzene rings is 3. The fourth-order valence-electron chi connectivity index (χ4n) is 4.77. The number of carboxylic acids is 1. The first-order chi connectivity index (χ1) is 17.0. The third-order valence-electron chi connectivity index (χ3n) is 7.15. The number of aromatic nitrogens is 1. The van der Waals surface area contributed by atoms with Gasteiger partial charge in [-0.15, -0.1) is 0 Å². The predicted octanol–water partition coefficient (Wildman–Crippen LogP) is 6.49. The number of aryl methyl sites for hydroxylation is 1. The average molecular weight is 468 g/mol. The third-order valence-corrected chi connectivity index (χ3v) is 7.15.